The number of nitrogens with zero attached hydrogens (tertiary/aromatic N) is 4. The van der Waals surface area contributed by atoms with Gasteiger partial charge in [0.15, 0.2) is 11.5 Å². The predicted octanol–water partition coefficient (Wildman–Crippen LogP) is 1.78. The summed E-state index contributed by atoms with van der Waals surface area (Å²) in [6.07, 6.45) is 4.94. The highest BCUT2D eigenvalue weighted by molar-refractivity contribution is 7.89. The second-order valence-corrected chi connectivity index (χ2v) is 7.87. The van der Waals surface area contributed by atoms with E-state index in [9.17, 15) is 8.42 Å². The first kappa shape index (κ1) is 19.4. The molecule has 8 nitrogen and oxygen atoms in total. The summed E-state index contributed by atoms with van der Waals surface area (Å²) in [5, 5.41) is 0. The van der Waals surface area contributed by atoms with Crippen LogP contribution in [0.25, 0.3) is 0 Å². The van der Waals surface area contributed by atoms with Gasteiger partial charge in [-0.25, -0.2) is 13.4 Å². The lowest BCUT2D eigenvalue weighted by Gasteiger charge is -2.34. The largest absolute Gasteiger partial charge is 0.490 e. The Morgan fingerprint density at radius 3 is 2.33 bits per heavy atom. The molecule has 1 aromatic carbocycles. The van der Waals surface area contributed by atoms with Crippen LogP contribution in [0.3, 0.4) is 0 Å². The van der Waals surface area contributed by atoms with Crippen LogP contribution >= 0.6 is 0 Å². The number of aromatic nitrogens is 2. The second kappa shape index (κ2) is 8.53. The second-order valence-electron chi connectivity index (χ2n) is 5.93. The number of ether oxygens (including phenoxy) is 2. The van der Waals surface area contributed by atoms with Crippen molar-refractivity contribution in [2.75, 3.05) is 44.3 Å². The van der Waals surface area contributed by atoms with E-state index < -0.39 is 10.0 Å². The molecule has 146 valence electrons. The first-order valence-corrected chi connectivity index (χ1v) is 10.4. The van der Waals surface area contributed by atoms with Crippen molar-refractivity contribution in [1.82, 2.24) is 14.3 Å². The summed E-state index contributed by atoms with van der Waals surface area (Å²) in [5.41, 5.74) is 0. The SMILES string of the molecule is CCOc1ccc(S(=O)(=O)N2CCN(c3cnccn3)CC2)cc1OCC. The van der Waals surface area contributed by atoms with Gasteiger partial charge in [0.25, 0.3) is 0 Å². The van der Waals surface area contributed by atoms with Crippen LogP contribution < -0.4 is 14.4 Å². The third-order valence-electron chi connectivity index (χ3n) is 4.26. The van der Waals surface area contributed by atoms with Crippen molar-refractivity contribution in [3.05, 3.63) is 36.8 Å². The van der Waals surface area contributed by atoms with Gasteiger partial charge in [-0.1, -0.05) is 0 Å². The van der Waals surface area contributed by atoms with Gasteiger partial charge >= 0.3 is 0 Å². The minimum absolute atomic E-state index is 0.211. The quantitative estimate of drug-likeness (QED) is 0.710. The predicted molar refractivity (Wildman–Crippen MR) is 102 cm³/mol. The summed E-state index contributed by atoms with van der Waals surface area (Å²) in [7, 11) is -3.61. The summed E-state index contributed by atoms with van der Waals surface area (Å²) < 4.78 is 38.6. The molecule has 1 aliphatic heterocycles. The molecule has 1 saturated heterocycles. The zero-order valence-electron chi connectivity index (χ0n) is 15.5. The van der Waals surface area contributed by atoms with Crippen molar-refractivity contribution in [3.8, 4) is 11.5 Å². The van der Waals surface area contributed by atoms with E-state index in [0.29, 0.717) is 50.9 Å². The standard InChI is InChI=1S/C18H24N4O4S/c1-3-25-16-6-5-15(13-17(16)26-4-2)27(23,24)22-11-9-21(10-12-22)18-14-19-7-8-20-18/h5-8,13-14H,3-4,9-12H2,1-2H3. The molecule has 0 bridgehead atoms. The number of piperazine rings is 1. The van der Waals surface area contributed by atoms with Gasteiger partial charge < -0.3 is 14.4 Å². The summed E-state index contributed by atoms with van der Waals surface area (Å²) in [6, 6.07) is 4.76. The summed E-state index contributed by atoms with van der Waals surface area (Å²) in [5.74, 6) is 1.75. The molecule has 0 aliphatic carbocycles. The summed E-state index contributed by atoms with van der Waals surface area (Å²) in [6.45, 7) is 6.53. The lowest BCUT2D eigenvalue weighted by Crippen LogP contribution is -2.48. The van der Waals surface area contributed by atoms with Gasteiger partial charge in [0.1, 0.15) is 5.82 Å². The van der Waals surface area contributed by atoms with Crippen molar-refractivity contribution in [2.45, 2.75) is 18.7 Å². The van der Waals surface area contributed by atoms with E-state index in [4.69, 9.17) is 9.47 Å². The van der Waals surface area contributed by atoms with Gasteiger partial charge in [-0.3, -0.25) is 4.98 Å². The fourth-order valence-corrected chi connectivity index (χ4v) is 4.39. The van der Waals surface area contributed by atoms with Crippen molar-refractivity contribution in [3.63, 3.8) is 0 Å². The van der Waals surface area contributed by atoms with Gasteiger partial charge in [-0.15, -0.1) is 0 Å². The molecule has 1 aromatic heterocycles. The Labute approximate surface area is 159 Å². The van der Waals surface area contributed by atoms with Crippen LogP contribution in [-0.2, 0) is 10.0 Å². The molecular formula is C18H24N4O4S. The van der Waals surface area contributed by atoms with Crippen LogP contribution in [0.2, 0.25) is 0 Å². The fraction of sp³-hybridized carbons (Fsp3) is 0.444. The van der Waals surface area contributed by atoms with Crippen LogP contribution in [0, 0.1) is 0 Å². The third kappa shape index (κ3) is 4.30. The zero-order valence-corrected chi connectivity index (χ0v) is 16.4. The Bertz CT molecular complexity index is 853. The van der Waals surface area contributed by atoms with Gasteiger partial charge in [0.05, 0.1) is 24.3 Å². The summed E-state index contributed by atoms with van der Waals surface area (Å²) >= 11 is 0. The van der Waals surface area contributed by atoms with Crippen molar-refractivity contribution >= 4 is 15.8 Å². The molecule has 2 heterocycles. The fourth-order valence-electron chi connectivity index (χ4n) is 2.95. The molecule has 1 aliphatic rings. The molecule has 0 atom stereocenters. The Balaban J connectivity index is 1.76. The number of benzene rings is 1. The molecule has 0 unspecified atom stereocenters. The maximum Gasteiger partial charge on any atom is 0.243 e. The highest BCUT2D eigenvalue weighted by Crippen LogP contribution is 2.31. The molecule has 0 saturated carbocycles. The van der Waals surface area contributed by atoms with Crippen LogP contribution in [0.5, 0.6) is 11.5 Å². The maximum absolute atomic E-state index is 13.0. The molecule has 27 heavy (non-hydrogen) atoms. The number of hydrogen-bond donors (Lipinski definition) is 0. The van der Waals surface area contributed by atoms with E-state index in [1.165, 1.54) is 4.31 Å². The van der Waals surface area contributed by atoms with Gasteiger partial charge in [-0.2, -0.15) is 4.31 Å². The average Bonchev–Trinajstić information content (AvgIpc) is 2.70. The molecule has 0 radical (unpaired) electrons. The first-order valence-electron chi connectivity index (χ1n) is 8.97. The Morgan fingerprint density at radius 2 is 1.70 bits per heavy atom. The molecule has 2 aromatic rings. The van der Waals surface area contributed by atoms with Crippen LogP contribution in [-0.4, -0.2) is 62.1 Å². The highest BCUT2D eigenvalue weighted by atomic mass is 32.2. The molecule has 0 N–H and O–H groups in total. The number of sulfonamides is 1. The zero-order chi connectivity index (χ0) is 19.3. The minimum atomic E-state index is -3.61. The molecule has 9 heteroatoms. The van der Waals surface area contributed by atoms with Gasteiger partial charge in [-0.05, 0) is 26.0 Å². The Hall–Kier alpha value is -2.39. The monoisotopic (exact) mass is 392 g/mol. The van der Waals surface area contributed by atoms with Crippen LogP contribution in [0.4, 0.5) is 5.82 Å². The minimum Gasteiger partial charge on any atom is -0.490 e. The molecule has 0 amide bonds. The lowest BCUT2D eigenvalue weighted by molar-refractivity contribution is 0.287. The lowest BCUT2D eigenvalue weighted by atomic mass is 10.3. The third-order valence-corrected chi connectivity index (χ3v) is 6.16. The van der Waals surface area contributed by atoms with E-state index in [1.807, 2.05) is 18.7 Å². The van der Waals surface area contributed by atoms with Crippen molar-refractivity contribution in [2.24, 2.45) is 0 Å². The number of hydrogen-bond acceptors (Lipinski definition) is 7. The van der Waals surface area contributed by atoms with Crippen molar-refractivity contribution < 1.29 is 17.9 Å². The Morgan fingerprint density at radius 1 is 1.00 bits per heavy atom. The van der Waals surface area contributed by atoms with Gasteiger partial charge in [0, 0.05) is 44.6 Å². The summed E-state index contributed by atoms with van der Waals surface area (Å²) in [4.78, 5) is 10.6. The topological polar surface area (TPSA) is 84.9 Å². The average molecular weight is 392 g/mol. The van der Waals surface area contributed by atoms with E-state index in [2.05, 4.69) is 9.97 Å². The smallest absolute Gasteiger partial charge is 0.243 e. The van der Waals surface area contributed by atoms with E-state index in [0.717, 1.165) is 5.82 Å². The molecule has 0 spiro atoms. The maximum atomic E-state index is 13.0. The number of rotatable bonds is 7. The van der Waals surface area contributed by atoms with Gasteiger partial charge in [0.2, 0.25) is 10.0 Å². The first-order chi connectivity index (χ1) is 13.1. The highest BCUT2D eigenvalue weighted by Gasteiger charge is 2.29. The van der Waals surface area contributed by atoms with E-state index in [1.54, 1.807) is 36.8 Å². The van der Waals surface area contributed by atoms with Crippen molar-refractivity contribution in [1.29, 1.82) is 0 Å². The van der Waals surface area contributed by atoms with Crippen LogP contribution in [0.15, 0.2) is 41.7 Å². The van der Waals surface area contributed by atoms with E-state index >= 15 is 0 Å². The normalized spacial score (nSPS) is 15.6. The van der Waals surface area contributed by atoms with E-state index in [-0.39, 0.29) is 4.90 Å². The molecule has 3 rings (SSSR count). The Kier molecular flexibility index (Phi) is 6.12. The molecular weight excluding hydrogens is 368 g/mol. The number of anilines is 1. The van der Waals surface area contributed by atoms with Crippen LogP contribution in [0.1, 0.15) is 13.8 Å². The molecule has 1 fully saturated rings.